The van der Waals surface area contributed by atoms with E-state index in [4.69, 9.17) is 9.47 Å². The molecular formula is C14H24O3. The summed E-state index contributed by atoms with van der Waals surface area (Å²) in [6.45, 7) is 8.08. The molecule has 0 spiro atoms. The third kappa shape index (κ3) is 4.50. The maximum atomic E-state index is 11.6. The van der Waals surface area contributed by atoms with Gasteiger partial charge in [-0.25, -0.2) is 4.79 Å². The zero-order valence-corrected chi connectivity index (χ0v) is 11.1. The molecule has 1 rings (SSSR count). The van der Waals surface area contributed by atoms with Gasteiger partial charge < -0.3 is 9.47 Å². The van der Waals surface area contributed by atoms with Crippen LogP contribution in [0.15, 0.2) is 12.2 Å². The molecule has 0 aromatic rings. The average molecular weight is 240 g/mol. The summed E-state index contributed by atoms with van der Waals surface area (Å²) in [6.07, 6.45) is 7.05. The topological polar surface area (TPSA) is 35.5 Å². The van der Waals surface area contributed by atoms with E-state index >= 15 is 0 Å². The Bertz CT molecular complexity index is 265. The fourth-order valence-electron chi connectivity index (χ4n) is 2.02. The monoisotopic (exact) mass is 240 g/mol. The van der Waals surface area contributed by atoms with Gasteiger partial charge in [-0.2, -0.15) is 0 Å². The number of hydrogen-bond donors (Lipinski definition) is 0. The molecule has 1 aliphatic rings. The summed E-state index contributed by atoms with van der Waals surface area (Å²) in [4.78, 5) is 11.6. The summed E-state index contributed by atoms with van der Waals surface area (Å²) in [5, 5.41) is 0. The van der Waals surface area contributed by atoms with E-state index in [1.54, 1.807) is 6.92 Å². The van der Waals surface area contributed by atoms with Crippen LogP contribution in [0.3, 0.4) is 0 Å². The van der Waals surface area contributed by atoms with Gasteiger partial charge in [0.15, 0.2) is 0 Å². The fraction of sp³-hybridized carbons (Fsp3) is 0.786. The van der Waals surface area contributed by atoms with Gasteiger partial charge in [-0.05, 0) is 26.2 Å². The molecule has 0 aromatic carbocycles. The Hall–Kier alpha value is -0.830. The summed E-state index contributed by atoms with van der Waals surface area (Å²) in [5.74, 6) is -1.01. The van der Waals surface area contributed by atoms with Crippen molar-refractivity contribution in [3.63, 3.8) is 0 Å². The Balaban J connectivity index is 2.57. The van der Waals surface area contributed by atoms with Gasteiger partial charge in [0.25, 0.3) is 0 Å². The molecule has 0 aromatic heterocycles. The normalized spacial score (nSPS) is 18.7. The zero-order valence-electron chi connectivity index (χ0n) is 11.1. The Morgan fingerprint density at radius 3 is 2.47 bits per heavy atom. The van der Waals surface area contributed by atoms with Crippen molar-refractivity contribution in [2.45, 2.75) is 64.6 Å². The van der Waals surface area contributed by atoms with E-state index in [0.29, 0.717) is 12.2 Å². The van der Waals surface area contributed by atoms with E-state index in [0.717, 1.165) is 38.5 Å². The molecule has 0 heterocycles. The van der Waals surface area contributed by atoms with E-state index < -0.39 is 5.79 Å². The Morgan fingerprint density at radius 2 is 1.94 bits per heavy atom. The van der Waals surface area contributed by atoms with Crippen molar-refractivity contribution >= 4 is 5.97 Å². The number of rotatable bonds is 6. The number of carbonyl (C=O) groups excluding carboxylic acids is 1. The molecule has 3 nitrogen and oxygen atoms in total. The first-order valence-corrected chi connectivity index (χ1v) is 6.62. The van der Waals surface area contributed by atoms with Gasteiger partial charge in [0.05, 0.1) is 6.61 Å². The van der Waals surface area contributed by atoms with Gasteiger partial charge in [0.2, 0.25) is 5.79 Å². The van der Waals surface area contributed by atoms with E-state index in [1.807, 2.05) is 0 Å². The van der Waals surface area contributed by atoms with Gasteiger partial charge in [0, 0.05) is 18.4 Å². The molecule has 98 valence electrons. The van der Waals surface area contributed by atoms with Gasteiger partial charge in [-0.15, -0.1) is 0 Å². The molecular weight excluding hydrogens is 216 g/mol. The molecule has 0 bridgehead atoms. The van der Waals surface area contributed by atoms with Gasteiger partial charge in [0.1, 0.15) is 0 Å². The fourth-order valence-corrected chi connectivity index (χ4v) is 2.02. The quantitative estimate of drug-likeness (QED) is 0.308. The van der Waals surface area contributed by atoms with Crippen LogP contribution < -0.4 is 0 Å². The zero-order chi connectivity index (χ0) is 12.7. The van der Waals surface area contributed by atoms with Crippen molar-refractivity contribution in [3.05, 3.63) is 12.2 Å². The number of esters is 1. The minimum absolute atomic E-state index is 0.330. The smallest absolute Gasteiger partial charge is 0.335 e. The lowest BCUT2D eigenvalue weighted by Gasteiger charge is -2.36. The second-order valence-corrected chi connectivity index (χ2v) is 4.84. The lowest BCUT2D eigenvalue weighted by atomic mass is 9.94. The van der Waals surface area contributed by atoms with Crippen LogP contribution in [-0.4, -0.2) is 18.4 Å². The summed E-state index contributed by atoms with van der Waals surface area (Å²) < 4.78 is 11.4. The molecule has 0 saturated heterocycles. The highest BCUT2D eigenvalue weighted by molar-refractivity contribution is 5.87. The first-order valence-electron chi connectivity index (χ1n) is 6.62. The Morgan fingerprint density at radius 1 is 1.29 bits per heavy atom. The van der Waals surface area contributed by atoms with E-state index in [9.17, 15) is 4.79 Å². The van der Waals surface area contributed by atoms with Crippen molar-refractivity contribution < 1.29 is 14.3 Å². The van der Waals surface area contributed by atoms with Crippen LogP contribution in [0.1, 0.15) is 58.8 Å². The van der Waals surface area contributed by atoms with Crippen LogP contribution >= 0.6 is 0 Å². The lowest BCUT2D eigenvalue weighted by Crippen LogP contribution is -2.40. The van der Waals surface area contributed by atoms with Crippen LogP contribution in [0, 0.1) is 0 Å². The Kier molecular flexibility index (Phi) is 5.69. The second-order valence-electron chi connectivity index (χ2n) is 4.84. The van der Waals surface area contributed by atoms with Crippen LogP contribution in [-0.2, 0) is 14.3 Å². The SMILES string of the molecule is C=C(C)C(=O)OC1(OCCCC)CCCCC1. The summed E-state index contributed by atoms with van der Waals surface area (Å²) >= 11 is 0. The minimum atomic E-state index is -0.677. The molecule has 0 atom stereocenters. The molecule has 0 N–H and O–H groups in total. The van der Waals surface area contributed by atoms with Crippen LogP contribution in [0.25, 0.3) is 0 Å². The third-order valence-electron chi connectivity index (χ3n) is 3.11. The van der Waals surface area contributed by atoms with E-state index in [-0.39, 0.29) is 5.97 Å². The van der Waals surface area contributed by atoms with Crippen LogP contribution in [0.5, 0.6) is 0 Å². The number of carbonyl (C=O) groups is 1. The number of hydrogen-bond acceptors (Lipinski definition) is 3. The second kappa shape index (κ2) is 6.80. The highest BCUT2D eigenvalue weighted by Gasteiger charge is 2.36. The average Bonchev–Trinajstić information content (AvgIpc) is 2.30. The van der Waals surface area contributed by atoms with Crippen LogP contribution in [0.2, 0.25) is 0 Å². The largest absolute Gasteiger partial charge is 0.430 e. The van der Waals surface area contributed by atoms with Crippen molar-refractivity contribution in [1.29, 1.82) is 0 Å². The molecule has 3 heteroatoms. The number of unbranched alkanes of at least 4 members (excludes halogenated alkanes) is 1. The lowest BCUT2D eigenvalue weighted by molar-refractivity contribution is -0.241. The van der Waals surface area contributed by atoms with Crippen molar-refractivity contribution in [2.24, 2.45) is 0 Å². The highest BCUT2D eigenvalue weighted by atomic mass is 16.7. The summed E-state index contributed by atoms with van der Waals surface area (Å²) in [5.41, 5.74) is 0.439. The predicted molar refractivity (Wildman–Crippen MR) is 67.6 cm³/mol. The molecule has 1 saturated carbocycles. The van der Waals surface area contributed by atoms with E-state index in [1.165, 1.54) is 6.42 Å². The third-order valence-corrected chi connectivity index (χ3v) is 3.11. The summed E-state index contributed by atoms with van der Waals surface area (Å²) in [6, 6.07) is 0. The first kappa shape index (κ1) is 14.2. The molecule has 0 radical (unpaired) electrons. The Labute approximate surface area is 104 Å². The standard InChI is InChI=1S/C14H24O3/c1-4-5-11-16-14(9-7-6-8-10-14)17-13(15)12(2)3/h2,4-11H2,1,3H3. The summed E-state index contributed by atoms with van der Waals surface area (Å²) in [7, 11) is 0. The van der Waals surface area contributed by atoms with Gasteiger partial charge >= 0.3 is 5.97 Å². The van der Waals surface area contributed by atoms with Crippen molar-refractivity contribution in [2.75, 3.05) is 6.61 Å². The van der Waals surface area contributed by atoms with Crippen LogP contribution in [0.4, 0.5) is 0 Å². The molecule has 1 aliphatic carbocycles. The maximum absolute atomic E-state index is 11.6. The minimum Gasteiger partial charge on any atom is -0.430 e. The first-order chi connectivity index (χ1) is 8.09. The van der Waals surface area contributed by atoms with Crippen molar-refractivity contribution in [3.8, 4) is 0 Å². The molecule has 0 unspecified atom stereocenters. The van der Waals surface area contributed by atoms with E-state index in [2.05, 4.69) is 13.5 Å². The maximum Gasteiger partial charge on any atom is 0.335 e. The number of ether oxygens (including phenoxy) is 2. The molecule has 0 amide bonds. The molecule has 0 aliphatic heterocycles. The van der Waals surface area contributed by atoms with Gasteiger partial charge in [-0.1, -0.05) is 26.3 Å². The van der Waals surface area contributed by atoms with Crippen molar-refractivity contribution in [1.82, 2.24) is 0 Å². The highest BCUT2D eigenvalue weighted by Crippen LogP contribution is 2.33. The molecule has 17 heavy (non-hydrogen) atoms. The molecule has 1 fully saturated rings. The van der Waals surface area contributed by atoms with Gasteiger partial charge in [-0.3, -0.25) is 0 Å². The predicted octanol–water partition coefficient (Wildman–Crippen LogP) is 3.58.